The summed E-state index contributed by atoms with van der Waals surface area (Å²) < 4.78 is 6.13. The number of fused-ring (bicyclic) bond motifs is 2. The smallest absolute Gasteiger partial charge is 0.234 e. The van der Waals surface area contributed by atoms with Crippen LogP contribution >= 0.6 is 23.4 Å². The lowest BCUT2D eigenvalue weighted by molar-refractivity contribution is -0.113. The summed E-state index contributed by atoms with van der Waals surface area (Å²) in [7, 11) is 0. The van der Waals surface area contributed by atoms with E-state index in [0.29, 0.717) is 23.1 Å². The second-order valence-corrected chi connectivity index (χ2v) is 9.08. The Hall–Kier alpha value is -3.35. The summed E-state index contributed by atoms with van der Waals surface area (Å²) in [5, 5.41) is 4.36. The molecule has 1 aliphatic rings. The van der Waals surface area contributed by atoms with Crippen LogP contribution in [0.5, 0.6) is 11.6 Å². The molecule has 0 saturated heterocycles. The van der Waals surface area contributed by atoms with Crippen LogP contribution < -0.4 is 10.1 Å². The van der Waals surface area contributed by atoms with Gasteiger partial charge in [0.2, 0.25) is 11.8 Å². The fourth-order valence-electron chi connectivity index (χ4n) is 3.60. The van der Waals surface area contributed by atoms with Crippen molar-refractivity contribution in [1.29, 1.82) is 0 Å². The zero-order valence-corrected chi connectivity index (χ0v) is 19.4. The van der Waals surface area contributed by atoms with Crippen LogP contribution in [0.4, 0.5) is 5.69 Å². The van der Waals surface area contributed by atoms with Gasteiger partial charge in [-0.1, -0.05) is 59.8 Å². The van der Waals surface area contributed by atoms with Gasteiger partial charge in [-0.3, -0.25) is 4.79 Å². The van der Waals surface area contributed by atoms with E-state index in [0.717, 1.165) is 38.7 Å². The molecule has 5 rings (SSSR count). The van der Waals surface area contributed by atoms with Crippen molar-refractivity contribution in [2.45, 2.75) is 18.4 Å². The second-order valence-electron chi connectivity index (χ2n) is 7.68. The van der Waals surface area contributed by atoms with Crippen LogP contribution in [0.15, 0.2) is 77.8 Å². The van der Waals surface area contributed by atoms with Gasteiger partial charge in [-0.25, -0.2) is 4.98 Å². The maximum absolute atomic E-state index is 12.7. The van der Waals surface area contributed by atoms with Gasteiger partial charge in [0.25, 0.3) is 0 Å². The van der Waals surface area contributed by atoms with E-state index in [4.69, 9.17) is 21.3 Å². The Balaban J connectivity index is 1.45. The molecule has 1 N–H and O–H groups in total. The average Bonchev–Trinajstić information content (AvgIpc) is 2.83. The molecule has 33 heavy (non-hydrogen) atoms. The number of nitrogens with zero attached hydrogens (tertiary/aromatic N) is 2. The Kier molecular flexibility index (Phi) is 6.03. The van der Waals surface area contributed by atoms with E-state index in [1.165, 1.54) is 11.8 Å². The summed E-state index contributed by atoms with van der Waals surface area (Å²) in [5.74, 6) is 1.98. The Morgan fingerprint density at radius 3 is 2.61 bits per heavy atom. The fourth-order valence-corrected chi connectivity index (χ4v) is 4.55. The first-order valence-corrected chi connectivity index (χ1v) is 11.8. The molecule has 1 aromatic heterocycles. The quantitative estimate of drug-likeness (QED) is 0.232. The first-order chi connectivity index (χ1) is 16.1. The minimum Gasteiger partial charge on any atom is -0.438 e. The highest BCUT2D eigenvalue weighted by Crippen LogP contribution is 2.40. The van der Waals surface area contributed by atoms with Crippen LogP contribution in [-0.2, 0) is 11.2 Å². The number of anilines is 1. The van der Waals surface area contributed by atoms with Crippen LogP contribution in [0.2, 0.25) is 5.02 Å². The summed E-state index contributed by atoms with van der Waals surface area (Å²) in [6.07, 6.45) is 0.647. The number of ether oxygens (including phenoxy) is 1. The monoisotopic (exact) mass is 473 g/mol. The van der Waals surface area contributed by atoms with Crippen molar-refractivity contribution in [2.75, 3.05) is 11.1 Å². The molecule has 3 aromatic carbocycles. The molecule has 1 aliphatic heterocycles. The Morgan fingerprint density at radius 1 is 1.03 bits per heavy atom. The van der Waals surface area contributed by atoms with Gasteiger partial charge in [-0.15, -0.1) is 0 Å². The summed E-state index contributed by atoms with van der Waals surface area (Å²) in [6, 6.07) is 23.0. The minimum absolute atomic E-state index is 0.0909. The van der Waals surface area contributed by atoms with E-state index in [-0.39, 0.29) is 11.7 Å². The average molecular weight is 474 g/mol. The first-order valence-electron chi connectivity index (χ1n) is 10.5. The molecule has 0 atom stereocenters. The number of amides is 1. The molecule has 5 nitrogen and oxygen atoms in total. The number of carbonyl (C=O) groups excluding carboxylic acids is 1. The van der Waals surface area contributed by atoms with Gasteiger partial charge in [0, 0.05) is 22.7 Å². The van der Waals surface area contributed by atoms with Crippen molar-refractivity contribution in [3.8, 4) is 23.0 Å². The fraction of sp³-hybridized carbons (Fsp3) is 0.115. The van der Waals surface area contributed by atoms with Crippen LogP contribution in [0, 0.1) is 6.92 Å². The van der Waals surface area contributed by atoms with Gasteiger partial charge in [-0.2, -0.15) is 4.98 Å². The SMILES string of the molecule is Cc1ccccc1NC(=O)CSc1nc(-c2ccc(Cl)cc2)nc2c1Cc1ccccc1O2. The number of carbonyl (C=O) groups is 1. The first kappa shape index (κ1) is 21.5. The third-order valence-electron chi connectivity index (χ3n) is 5.34. The molecule has 0 aliphatic carbocycles. The number of para-hydroxylation sites is 2. The Bertz CT molecular complexity index is 1340. The van der Waals surface area contributed by atoms with E-state index >= 15 is 0 Å². The molecule has 4 aromatic rings. The number of hydrogen-bond donors (Lipinski definition) is 1. The predicted octanol–water partition coefficient (Wildman–Crippen LogP) is 6.53. The number of aromatic nitrogens is 2. The number of nitrogens with one attached hydrogen (secondary N) is 1. The maximum Gasteiger partial charge on any atom is 0.234 e. The van der Waals surface area contributed by atoms with Gasteiger partial charge in [0.05, 0.1) is 11.3 Å². The maximum atomic E-state index is 12.7. The lowest BCUT2D eigenvalue weighted by Gasteiger charge is -2.21. The van der Waals surface area contributed by atoms with Crippen molar-refractivity contribution in [3.63, 3.8) is 0 Å². The lowest BCUT2D eigenvalue weighted by atomic mass is 10.0. The number of rotatable bonds is 5. The molecule has 0 unspecified atom stereocenters. The van der Waals surface area contributed by atoms with E-state index in [1.807, 2.05) is 67.6 Å². The highest BCUT2D eigenvalue weighted by molar-refractivity contribution is 8.00. The highest BCUT2D eigenvalue weighted by Gasteiger charge is 2.24. The largest absolute Gasteiger partial charge is 0.438 e. The van der Waals surface area contributed by atoms with Gasteiger partial charge in [0.15, 0.2) is 5.82 Å². The standard InChI is InChI=1S/C26H20ClN3O2S/c1-16-6-2-4-8-21(16)28-23(31)15-33-26-20-14-18-7-3-5-9-22(18)32-25(20)29-24(30-26)17-10-12-19(27)13-11-17/h2-13H,14-15H2,1H3,(H,28,31). The van der Waals surface area contributed by atoms with Gasteiger partial charge >= 0.3 is 0 Å². The molecule has 0 saturated carbocycles. The third kappa shape index (κ3) is 4.72. The minimum atomic E-state index is -0.0909. The lowest BCUT2D eigenvalue weighted by Crippen LogP contribution is -2.16. The molecule has 0 bridgehead atoms. The van der Waals surface area contributed by atoms with Gasteiger partial charge < -0.3 is 10.1 Å². The van der Waals surface area contributed by atoms with Crippen molar-refractivity contribution < 1.29 is 9.53 Å². The van der Waals surface area contributed by atoms with E-state index in [2.05, 4.69) is 10.3 Å². The molecule has 0 fully saturated rings. The molecule has 7 heteroatoms. The normalized spacial score (nSPS) is 11.8. The highest BCUT2D eigenvalue weighted by atomic mass is 35.5. The van der Waals surface area contributed by atoms with E-state index in [1.54, 1.807) is 12.1 Å². The Morgan fingerprint density at radius 2 is 1.79 bits per heavy atom. The summed E-state index contributed by atoms with van der Waals surface area (Å²) in [6.45, 7) is 1.97. The molecule has 2 heterocycles. The number of benzene rings is 3. The van der Waals surface area contributed by atoms with Crippen LogP contribution in [0.1, 0.15) is 16.7 Å². The number of halogens is 1. The van der Waals surface area contributed by atoms with Crippen molar-refractivity contribution in [2.24, 2.45) is 0 Å². The van der Waals surface area contributed by atoms with Crippen molar-refractivity contribution >= 4 is 35.0 Å². The summed E-state index contributed by atoms with van der Waals surface area (Å²) >= 11 is 7.44. The van der Waals surface area contributed by atoms with Crippen molar-refractivity contribution in [3.05, 3.63) is 94.5 Å². The number of thioether (sulfide) groups is 1. The van der Waals surface area contributed by atoms with Crippen LogP contribution in [0.25, 0.3) is 11.4 Å². The summed E-state index contributed by atoms with van der Waals surface area (Å²) in [5.41, 5.74) is 4.62. The zero-order chi connectivity index (χ0) is 22.8. The van der Waals surface area contributed by atoms with Gasteiger partial charge in [-0.05, 0) is 54.4 Å². The van der Waals surface area contributed by atoms with Gasteiger partial charge in [0.1, 0.15) is 10.8 Å². The Labute approximate surface area is 201 Å². The molecule has 0 radical (unpaired) electrons. The second kappa shape index (κ2) is 9.25. The van der Waals surface area contributed by atoms with E-state index in [9.17, 15) is 4.79 Å². The topological polar surface area (TPSA) is 64.1 Å². The van der Waals surface area contributed by atoms with Crippen molar-refractivity contribution in [1.82, 2.24) is 9.97 Å². The molecular weight excluding hydrogens is 454 g/mol. The molecule has 164 valence electrons. The number of aryl methyl sites for hydroxylation is 1. The number of hydrogen-bond acceptors (Lipinski definition) is 5. The molecule has 0 spiro atoms. The predicted molar refractivity (Wildman–Crippen MR) is 132 cm³/mol. The summed E-state index contributed by atoms with van der Waals surface area (Å²) in [4.78, 5) is 22.2. The zero-order valence-electron chi connectivity index (χ0n) is 17.8. The van der Waals surface area contributed by atoms with Crippen LogP contribution in [-0.4, -0.2) is 21.6 Å². The van der Waals surface area contributed by atoms with E-state index < -0.39 is 0 Å². The third-order valence-corrected chi connectivity index (χ3v) is 6.61. The molecule has 1 amide bonds. The van der Waals surface area contributed by atoms with Crippen LogP contribution in [0.3, 0.4) is 0 Å². The molecular formula is C26H20ClN3O2S.